The monoisotopic (exact) mass is 205 g/mol. The predicted molar refractivity (Wildman–Crippen MR) is 61.1 cm³/mol. The summed E-state index contributed by atoms with van der Waals surface area (Å²) in [6.45, 7) is 4.27. The van der Waals surface area contributed by atoms with E-state index in [0.717, 1.165) is 12.1 Å². The molecular formula is C13H19NO. The lowest BCUT2D eigenvalue weighted by Crippen LogP contribution is -2.12. The van der Waals surface area contributed by atoms with Crippen molar-refractivity contribution >= 4 is 5.78 Å². The summed E-state index contributed by atoms with van der Waals surface area (Å²) < 4.78 is 2.17. The molecule has 0 radical (unpaired) electrons. The molecule has 0 spiro atoms. The van der Waals surface area contributed by atoms with Gasteiger partial charge in [-0.2, -0.15) is 0 Å². The van der Waals surface area contributed by atoms with E-state index >= 15 is 0 Å². The van der Waals surface area contributed by atoms with Crippen LogP contribution in [0.5, 0.6) is 0 Å². The number of ketones is 1. The zero-order valence-corrected chi connectivity index (χ0v) is 9.57. The molecule has 2 unspecified atom stereocenters. The molecule has 1 aliphatic heterocycles. The molecule has 15 heavy (non-hydrogen) atoms. The van der Waals surface area contributed by atoms with E-state index < -0.39 is 0 Å². The van der Waals surface area contributed by atoms with Crippen LogP contribution in [-0.2, 0) is 0 Å². The number of fused-ring (bicyclic) bond motifs is 1. The maximum absolute atomic E-state index is 11.9. The smallest absolute Gasteiger partial charge is 0.184 e. The highest BCUT2D eigenvalue weighted by Crippen LogP contribution is 2.35. The Kier molecular flexibility index (Phi) is 2.94. The van der Waals surface area contributed by atoms with Gasteiger partial charge in [0.1, 0.15) is 0 Å². The summed E-state index contributed by atoms with van der Waals surface area (Å²) in [4.78, 5) is 11.9. The SMILES string of the molecule is CCCCCC1C(C)C(=O)c2cccn21. The van der Waals surface area contributed by atoms with E-state index in [2.05, 4.69) is 18.4 Å². The van der Waals surface area contributed by atoms with Gasteiger partial charge >= 0.3 is 0 Å². The summed E-state index contributed by atoms with van der Waals surface area (Å²) >= 11 is 0. The molecule has 2 rings (SSSR count). The highest BCUT2D eigenvalue weighted by Gasteiger charge is 2.35. The van der Waals surface area contributed by atoms with Crippen molar-refractivity contribution in [2.24, 2.45) is 5.92 Å². The van der Waals surface area contributed by atoms with Crippen LogP contribution >= 0.6 is 0 Å². The van der Waals surface area contributed by atoms with Crippen molar-refractivity contribution in [1.82, 2.24) is 4.57 Å². The van der Waals surface area contributed by atoms with E-state index in [1.54, 1.807) is 0 Å². The van der Waals surface area contributed by atoms with Crippen LogP contribution in [0.25, 0.3) is 0 Å². The molecule has 0 N–H and O–H groups in total. The van der Waals surface area contributed by atoms with Crippen LogP contribution in [0.2, 0.25) is 0 Å². The van der Waals surface area contributed by atoms with E-state index in [1.807, 2.05) is 18.3 Å². The summed E-state index contributed by atoms with van der Waals surface area (Å²) in [5.74, 6) is 0.500. The molecule has 0 bridgehead atoms. The fraction of sp³-hybridized carbons (Fsp3) is 0.615. The number of Topliss-reactive ketones (excluding diaryl/α,β-unsaturated/α-hetero) is 1. The van der Waals surface area contributed by atoms with Gasteiger partial charge in [0.05, 0.1) is 5.69 Å². The summed E-state index contributed by atoms with van der Waals surface area (Å²) in [5.41, 5.74) is 0.906. The number of hydrogen-bond acceptors (Lipinski definition) is 1. The van der Waals surface area contributed by atoms with Gasteiger partial charge in [0, 0.05) is 18.2 Å². The zero-order valence-electron chi connectivity index (χ0n) is 9.57. The average Bonchev–Trinajstić information content (AvgIpc) is 2.77. The van der Waals surface area contributed by atoms with E-state index in [1.165, 1.54) is 19.3 Å². The van der Waals surface area contributed by atoms with E-state index in [4.69, 9.17) is 0 Å². The largest absolute Gasteiger partial charge is 0.341 e. The lowest BCUT2D eigenvalue weighted by molar-refractivity contribution is 0.0929. The number of carbonyl (C=O) groups is 1. The van der Waals surface area contributed by atoms with Gasteiger partial charge < -0.3 is 4.57 Å². The van der Waals surface area contributed by atoms with Crippen molar-refractivity contribution in [3.63, 3.8) is 0 Å². The van der Waals surface area contributed by atoms with Crippen molar-refractivity contribution in [2.45, 2.75) is 45.6 Å². The molecule has 0 saturated heterocycles. The lowest BCUT2D eigenvalue weighted by atomic mass is 9.95. The zero-order chi connectivity index (χ0) is 10.8. The van der Waals surface area contributed by atoms with Gasteiger partial charge in [0.25, 0.3) is 0 Å². The first-order chi connectivity index (χ1) is 7.25. The predicted octanol–water partition coefficient (Wildman–Crippen LogP) is 3.44. The van der Waals surface area contributed by atoms with E-state index in [9.17, 15) is 4.79 Å². The molecule has 0 saturated carbocycles. The van der Waals surface area contributed by atoms with Crippen LogP contribution in [0.4, 0.5) is 0 Å². The second-order valence-corrected chi connectivity index (χ2v) is 4.52. The Labute approximate surface area is 91.3 Å². The standard InChI is InChI=1S/C13H19NO/c1-3-4-5-7-11-10(2)13(15)12-8-6-9-14(11)12/h6,8-11H,3-5,7H2,1-2H3. The summed E-state index contributed by atoms with van der Waals surface area (Å²) in [5, 5.41) is 0. The molecule has 2 heterocycles. The molecule has 2 heteroatoms. The van der Waals surface area contributed by atoms with Gasteiger partial charge in [-0.3, -0.25) is 4.79 Å². The maximum Gasteiger partial charge on any atom is 0.184 e. The Bertz CT molecular complexity index is 353. The summed E-state index contributed by atoms with van der Waals surface area (Å²) in [6, 6.07) is 4.33. The third-order valence-corrected chi connectivity index (χ3v) is 3.48. The number of nitrogens with zero attached hydrogens (tertiary/aromatic N) is 1. The Morgan fingerprint density at radius 3 is 2.93 bits per heavy atom. The van der Waals surface area contributed by atoms with Gasteiger partial charge in [-0.25, -0.2) is 0 Å². The van der Waals surface area contributed by atoms with Gasteiger partial charge in [0.2, 0.25) is 0 Å². The summed E-state index contributed by atoms with van der Waals surface area (Å²) in [7, 11) is 0. The molecule has 2 atom stereocenters. The van der Waals surface area contributed by atoms with Gasteiger partial charge in [-0.15, -0.1) is 0 Å². The molecule has 2 nitrogen and oxygen atoms in total. The number of hydrogen-bond donors (Lipinski definition) is 0. The van der Waals surface area contributed by atoms with Crippen LogP contribution in [0.1, 0.15) is 56.1 Å². The molecule has 0 amide bonds. The van der Waals surface area contributed by atoms with Gasteiger partial charge in [0.15, 0.2) is 5.78 Å². The Morgan fingerprint density at radius 2 is 2.20 bits per heavy atom. The second kappa shape index (κ2) is 4.21. The van der Waals surface area contributed by atoms with Gasteiger partial charge in [-0.05, 0) is 18.6 Å². The number of aromatic nitrogens is 1. The van der Waals surface area contributed by atoms with E-state index in [0.29, 0.717) is 11.8 Å². The first-order valence-corrected chi connectivity index (χ1v) is 5.96. The van der Waals surface area contributed by atoms with Crippen LogP contribution in [-0.4, -0.2) is 10.4 Å². The molecule has 0 aliphatic carbocycles. The molecule has 1 aliphatic rings. The molecule has 1 aromatic heterocycles. The topological polar surface area (TPSA) is 22.0 Å². The minimum Gasteiger partial charge on any atom is -0.341 e. The first-order valence-electron chi connectivity index (χ1n) is 5.96. The van der Waals surface area contributed by atoms with Crippen LogP contribution < -0.4 is 0 Å². The van der Waals surface area contributed by atoms with E-state index in [-0.39, 0.29) is 5.92 Å². The quantitative estimate of drug-likeness (QED) is 0.690. The van der Waals surface area contributed by atoms with Gasteiger partial charge in [-0.1, -0.05) is 33.1 Å². The fourth-order valence-corrected chi connectivity index (χ4v) is 2.53. The molecule has 0 fully saturated rings. The third-order valence-electron chi connectivity index (χ3n) is 3.48. The Morgan fingerprint density at radius 1 is 1.40 bits per heavy atom. The fourth-order valence-electron chi connectivity index (χ4n) is 2.53. The third kappa shape index (κ3) is 1.73. The van der Waals surface area contributed by atoms with Crippen molar-refractivity contribution in [2.75, 3.05) is 0 Å². The molecule has 1 aromatic rings. The molecule has 0 aromatic carbocycles. The number of carbonyl (C=O) groups excluding carboxylic acids is 1. The van der Waals surface area contributed by atoms with Crippen molar-refractivity contribution in [1.29, 1.82) is 0 Å². The molecule has 82 valence electrons. The minimum atomic E-state index is 0.179. The first kappa shape index (κ1) is 10.5. The minimum absolute atomic E-state index is 0.179. The lowest BCUT2D eigenvalue weighted by Gasteiger charge is -2.16. The normalized spacial score (nSPS) is 24.5. The highest BCUT2D eigenvalue weighted by atomic mass is 16.1. The highest BCUT2D eigenvalue weighted by molar-refractivity contribution is 5.98. The summed E-state index contributed by atoms with van der Waals surface area (Å²) in [6.07, 6.45) is 6.94. The Balaban J connectivity index is 2.09. The number of rotatable bonds is 4. The van der Waals surface area contributed by atoms with Crippen molar-refractivity contribution in [3.8, 4) is 0 Å². The van der Waals surface area contributed by atoms with Crippen LogP contribution in [0.3, 0.4) is 0 Å². The maximum atomic E-state index is 11.9. The Hall–Kier alpha value is -1.05. The second-order valence-electron chi connectivity index (χ2n) is 4.52. The number of unbranched alkanes of at least 4 members (excludes halogenated alkanes) is 2. The van der Waals surface area contributed by atoms with Crippen molar-refractivity contribution < 1.29 is 4.79 Å². The molecular weight excluding hydrogens is 186 g/mol. The van der Waals surface area contributed by atoms with Crippen LogP contribution in [0, 0.1) is 5.92 Å². The van der Waals surface area contributed by atoms with Crippen molar-refractivity contribution in [3.05, 3.63) is 24.0 Å². The average molecular weight is 205 g/mol. The van der Waals surface area contributed by atoms with Crippen LogP contribution in [0.15, 0.2) is 18.3 Å².